The number of benzene rings is 1. The Balaban J connectivity index is 1.34. The van der Waals surface area contributed by atoms with Crippen molar-refractivity contribution in [2.45, 2.75) is 81.7 Å². The molecule has 0 aromatic heterocycles. The largest absolute Gasteiger partial charge is 0.477 e. The predicted octanol–water partition coefficient (Wildman–Crippen LogP) is -1.97. The lowest BCUT2D eigenvalue weighted by molar-refractivity contribution is -0.310. The summed E-state index contributed by atoms with van der Waals surface area (Å²) < 4.78 is 33.1. The zero-order valence-corrected chi connectivity index (χ0v) is 36.6. The van der Waals surface area contributed by atoms with Crippen molar-refractivity contribution in [3.05, 3.63) is 55.3 Å². The summed E-state index contributed by atoms with van der Waals surface area (Å²) in [6.07, 6.45) is -5.86. The number of hydrogen-bond acceptors (Lipinski definition) is 18. The van der Waals surface area contributed by atoms with E-state index in [1.807, 2.05) is 0 Å². The van der Waals surface area contributed by atoms with E-state index in [4.69, 9.17) is 40.0 Å². The first-order valence-electron chi connectivity index (χ1n) is 21.1. The van der Waals surface area contributed by atoms with Gasteiger partial charge in [-0.3, -0.25) is 24.0 Å². The molecule has 2 aromatic rings. The molecule has 3 rings (SSSR count). The lowest BCUT2D eigenvalue weighted by Crippen LogP contribution is -2.68. The number of aliphatic hydroxyl groups is 4. The molecule has 6 atom stereocenters. The molecule has 360 valence electrons. The van der Waals surface area contributed by atoms with Crippen LogP contribution < -0.4 is 37.4 Å². The van der Waals surface area contributed by atoms with Gasteiger partial charge in [0.05, 0.1) is 84.1 Å². The van der Waals surface area contributed by atoms with Crippen LogP contribution in [-0.2, 0) is 54.0 Å². The number of aliphatic hydroxyl groups excluding tert-OH is 4. The fraction of sp³-hybridized carbons (Fsp3) is 0.659. The highest BCUT2D eigenvalue weighted by atomic mass is 35.5. The van der Waals surface area contributed by atoms with Gasteiger partial charge in [0.15, 0.2) is 0 Å². The fourth-order valence-electron chi connectivity index (χ4n) is 6.42. The molecule has 0 radical (unpaired) electrons. The second kappa shape index (κ2) is 29.3. The van der Waals surface area contributed by atoms with Crippen LogP contribution in [0.4, 0.5) is 11.4 Å². The van der Waals surface area contributed by atoms with E-state index < -0.39 is 84.5 Å². The molecule has 0 saturated carbocycles. The normalized spacial score (nSPS) is 19.4. The second-order valence-electron chi connectivity index (χ2n) is 14.8. The molecule has 3 amide bonds. The molecule has 1 fully saturated rings. The number of aliphatic carboxylic acids is 1. The third kappa shape index (κ3) is 18.6. The van der Waals surface area contributed by atoms with E-state index in [-0.39, 0.29) is 43.5 Å². The van der Waals surface area contributed by atoms with Gasteiger partial charge in [0.2, 0.25) is 17.7 Å². The second-order valence-corrected chi connectivity index (χ2v) is 15.2. The highest BCUT2D eigenvalue weighted by molar-refractivity contribution is 6.30. The zero-order valence-electron chi connectivity index (χ0n) is 35.9. The van der Waals surface area contributed by atoms with E-state index in [2.05, 4.69) is 26.6 Å². The summed E-state index contributed by atoms with van der Waals surface area (Å²) >= 11 is 5.88. The Bertz CT molecular complexity index is 1800. The van der Waals surface area contributed by atoms with Gasteiger partial charge >= 0.3 is 5.97 Å². The first-order chi connectivity index (χ1) is 30.7. The van der Waals surface area contributed by atoms with Crippen LogP contribution in [0.3, 0.4) is 0 Å². The lowest BCUT2D eigenvalue weighted by atomic mass is 9.88. The highest BCUT2D eigenvalue weighted by Gasteiger charge is 2.55. The molecule has 0 aliphatic carbocycles. The first-order valence-corrected chi connectivity index (χ1v) is 21.4. The standard InChI is InChI=1S/C41H62ClN5O17/c1-26(49)43-11-14-59-16-18-61-20-21-62-19-17-60-15-12-45-35-34(37(55)38(35)56)44-10-4-2-3-5-13-63-41(40(57)58)23-29(50)33(47-32(53)25-48)39(64-41)36(54)30(51)24-46-31(52)22-27-6-8-28(42)9-7-27/h6-9,29-30,33,36,39,44-45,48,50-51,54H,2-5,10-25H2,1H3,(H,43,49)(H,46,52)(H,47,53)(H,57,58)/t29-,30+,33+,36+,39+,41+/m0/s1. The third-order valence-electron chi connectivity index (χ3n) is 9.79. The van der Waals surface area contributed by atoms with Crippen LogP contribution in [0, 0.1) is 0 Å². The van der Waals surface area contributed by atoms with Crippen molar-refractivity contribution < 1.29 is 73.1 Å². The molecule has 64 heavy (non-hydrogen) atoms. The van der Waals surface area contributed by atoms with Crippen LogP contribution in [-0.4, -0.2) is 178 Å². The number of carboxylic acid groups (broad SMARTS) is 1. The van der Waals surface area contributed by atoms with Crippen LogP contribution in [0.1, 0.15) is 44.6 Å². The smallest absolute Gasteiger partial charge is 0.364 e. The van der Waals surface area contributed by atoms with Gasteiger partial charge in [-0.1, -0.05) is 36.6 Å². The van der Waals surface area contributed by atoms with E-state index in [1.165, 1.54) is 6.92 Å². The van der Waals surface area contributed by atoms with Gasteiger partial charge in [0.25, 0.3) is 16.6 Å². The Morgan fingerprint density at radius 1 is 0.781 bits per heavy atom. The van der Waals surface area contributed by atoms with Crippen LogP contribution >= 0.6 is 11.6 Å². The van der Waals surface area contributed by atoms with Crippen molar-refractivity contribution in [3.8, 4) is 0 Å². The molecule has 1 aliphatic heterocycles. The van der Waals surface area contributed by atoms with Gasteiger partial charge in [-0.15, -0.1) is 0 Å². The molecule has 2 aromatic carbocycles. The number of unbranched alkanes of at least 4 members (excludes halogenated alkanes) is 3. The van der Waals surface area contributed by atoms with E-state index in [9.17, 15) is 54.3 Å². The summed E-state index contributed by atoms with van der Waals surface area (Å²) in [6.45, 7) is 3.76. The minimum absolute atomic E-state index is 0.0745. The molecule has 0 bridgehead atoms. The first kappa shape index (κ1) is 54.0. The van der Waals surface area contributed by atoms with Crippen molar-refractivity contribution in [2.24, 2.45) is 0 Å². The molecular formula is C41H62ClN5O17. The molecule has 1 heterocycles. The Kier molecular flexibility index (Phi) is 24.7. The number of halogens is 1. The Morgan fingerprint density at radius 2 is 1.34 bits per heavy atom. The maximum atomic E-state index is 12.6. The van der Waals surface area contributed by atoms with Gasteiger partial charge in [-0.05, 0) is 30.5 Å². The number of nitrogens with one attached hydrogen (secondary N) is 5. The minimum atomic E-state index is -2.50. The maximum absolute atomic E-state index is 12.6. The highest BCUT2D eigenvalue weighted by Crippen LogP contribution is 2.34. The number of hydrogen-bond donors (Lipinski definition) is 10. The van der Waals surface area contributed by atoms with E-state index in [1.54, 1.807) is 24.3 Å². The molecule has 1 aliphatic rings. The van der Waals surface area contributed by atoms with E-state index >= 15 is 0 Å². The summed E-state index contributed by atoms with van der Waals surface area (Å²) in [5, 5.41) is 66.2. The molecular weight excluding hydrogens is 870 g/mol. The molecule has 0 spiro atoms. The van der Waals surface area contributed by atoms with Crippen molar-refractivity contribution in [1.82, 2.24) is 16.0 Å². The van der Waals surface area contributed by atoms with Crippen LogP contribution in [0.15, 0.2) is 33.9 Å². The van der Waals surface area contributed by atoms with Crippen molar-refractivity contribution in [3.63, 3.8) is 0 Å². The Hall–Kier alpha value is -4.33. The lowest BCUT2D eigenvalue weighted by Gasteiger charge is -2.46. The summed E-state index contributed by atoms with van der Waals surface area (Å²) in [7, 11) is 0. The number of carboxylic acids is 1. The SMILES string of the molecule is CC(=O)NCCOCCOCCOCCOCCNc1c(NCCCCCCO[C@]2(C(=O)O)C[C@H](O)[C@@H](NC(=O)CO)[C@H]([C@H](O)[C@H](O)CNC(=O)Cc3ccc(Cl)cc3)O2)c(=O)c1=O. The maximum Gasteiger partial charge on any atom is 0.364 e. The van der Waals surface area contributed by atoms with Crippen LogP contribution in [0.5, 0.6) is 0 Å². The monoisotopic (exact) mass is 931 g/mol. The Morgan fingerprint density at radius 3 is 1.92 bits per heavy atom. The van der Waals surface area contributed by atoms with Crippen LogP contribution in [0.25, 0.3) is 0 Å². The van der Waals surface area contributed by atoms with Gasteiger partial charge in [0, 0.05) is 44.5 Å². The summed E-state index contributed by atoms with van der Waals surface area (Å²) in [6, 6.07) is 4.99. The topological polar surface area (TPSA) is 319 Å². The number of rotatable bonds is 34. The number of ether oxygens (including phenoxy) is 6. The molecule has 23 heteroatoms. The molecule has 0 unspecified atom stereocenters. The number of carbonyl (C=O) groups excluding carboxylic acids is 3. The zero-order chi connectivity index (χ0) is 46.9. The van der Waals surface area contributed by atoms with Crippen molar-refractivity contribution in [1.29, 1.82) is 0 Å². The van der Waals surface area contributed by atoms with Gasteiger partial charge in [-0.25, -0.2) is 4.79 Å². The quantitative estimate of drug-likeness (QED) is 0.0269. The average molecular weight is 932 g/mol. The van der Waals surface area contributed by atoms with Crippen molar-refractivity contribution >= 4 is 46.7 Å². The Labute approximate surface area is 374 Å². The minimum Gasteiger partial charge on any atom is -0.477 e. The summed E-state index contributed by atoms with van der Waals surface area (Å²) in [5.41, 5.74) is -0.283. The number of carbonyl (C=O) groups is 4. The summed E-state index contributed by atoms with van der Waals surface area (Å²) in [4.78, 5) is 72.2. The molecule has 10 N–H and O–H groups in total. The van der Waals surface area contributed by atoms with Crippen LogP contribution in [0.2, 0.25) is 5.02 Å². The third-order valence-corrected chi connectivity index (χ3v) is 10.0. The van der Waals surface area contributed by atoms with Gasteiger partial charge in [0.1, 0.15) is 30.2 Å². The van der Waals surface area contributed by atoms with Gasteiger partial charge in [-0.2, -0.15) is 0 Å². The number of anilines is 2. The van der Waals surface area contributed by atoms with Gasteiger partial charge < -0.3 is 80.5 Å². The van der Waals surface area contributed by atoms with E-state index in [0.29, 0.717) is 95.6 Å². The predicted molar refractivity (Wildman–Crippen MR) is 230 cm³/mol. The molecule has 22 nitrogen and oxygen atoms in total. The number of amides is 3. The summed E-state index contributed by atoms with van der Waals surface area (Å²) in [5.74, 6) is -5.73. The molecule has 1 saturated heterocycles. The average Bonchev–Trinajstić information content (AvgIpc) is 3.27. The van der Waals surface area contributed by atoms with Crippen molar-refractivity contribution in [2.75, 3.05) is 103 Å². The fourth-order valence-corrected chi connectivity index (χ4v) is 6.55. The van der Waals surface area contributed by atoms with E-state index in [0.717, 1.165) is 0 Å².